The fourth-order valence-corrected chi connectivity index (χ4v) is 0.911. The number of unbranched alkanes of at least 4 members (excludes halogenated alkanes) is 3. The highest BCUT2D eigenvalue weighted by Crippen LogP contribution is 2.10. The molecule has 0 rings (SSSR count). The summed E-state index contributed by atoms with van der Waals surface area (Å²) >= 11 is 0. The Morgan fingerprint density at radius 3 is 2.36 bits per heavy atom. The van der Waals surface area contributed by atoms with Crippen molar-refractivity contribution in [3.05, 3.63) is 11.9 Å². The standard InChI is InChI=1S/C10H19F/c1-3-5-7-9-10(11)8-6-4-2/h9H,3-8H2,1-2H3/b10-9-. The molecule has 11 heavy (non-hydrogen) atoms. The average Bonchev–Trinajstić information content (AvgIpc) is 2.01. The minimum Gasteiger partial charge on any atom is -0.212 e. The number of halogens is 1. The van der Waals surface area contributed by atoms with Crippen LogP contribution in [-0.4, -0.2) is 0 Å². The van der Waals surface area contributed by atoms with Crippen LogP contribution in [0.4, 0.5) is 4.39 Å². The van der Waals surface area contributed by atoms with E-state index in [0.29, 0.717) is 6.42 Å². The van der Waals surface area contributed by atoms with Crippen LogP contribution in [0.15, 0.2) is 11.9 Å². The van der Waals surface area contributed by atoms with Gasteiger partial charge in [0.25, 0.3) is 0 Å². The van der Waals surface area contributed by atoms with E-state index in [1.54, 1.807) is 6.08 Å². The molecule has 0 aromatic carbocycles. The molecule has 0 spiro atoms. The zero-order valence-corrected chi connectivity index (χ0v) is 7.70. The highest BCUT2D eigenvalue weighted by Gasteiger charge is 1.92. The summed E-state index contributed by atoms with van der Waals surface area (Å²) in [5.74, 6) is 0.0836. The predicted molar refractivity (Wildman–Crippen MR) is 48.2 cm³/mol. The first-order chi connectivity index (χ1) is 5.31. The number of hydrogen-bond acceptors (Lipinski definition) is 0. The maximum Gasteiger partial charge on any atom is 0.0959 e. The molecule has 0 aliphatic heterocycles. The maximum absolute atomic E-state index is 12.8. The third-order valence-corrected chi connectivity index (χ3v) is 1.69. The van der Waals surface area contributed by atoms with Gasteiger partial charge in [0.05, 0.1) is 5.83 Å². The van der Waals surface area contributed by atoms with Gasteiger partial charge in [0.15, 0.2) is 0 Å². The molecule has 0 saturated carbocycles. The van der Waals surface area contributed by atoms with Gasteiger partial charge >= 0.3 is 0 Å². The smallest absolute Gasteiger partial charge is 0.0959 e. The monoisotopic (exact) mass is 158 g/mol. The first kappa shape index (κ1) is 10.7. The van der Waals surface area contributed by atoms with Crippen LogP contribution in [0.1, 0.15) is 52.4 Å². The maximum atomic E-state index is 12.8. The van der Waals surface area contributed by atoms with Gasteiger partial charge in [-0.3, -0.25) is 0 Å². The Labute approximate surface area is 69.5 Å². The van der Waals surface area contributed by atoms with E-state index in [2.05, 4.69) is 13.8 Å². The molecule has 0 radical (unpaired) electrons. The van der Waals surface area contributed by atoms with Gasteiger partial charge in [-0.1, -0.05) is 32.8 Å². The van der Waals surface area contributed by atoms with E-state index in [9.17, 15) is 4.39 Å². The Kier molecular flexibility index (Phi) is 7.54. The summed E-state index contributed by atoms with van der Waals surface area (Å²) in [6.45, 7) is 4.21. The molecule has 0 heterocycles. The van der Waals surface area contributed by atoms with Crippen LogP contribution in [-0.2, 0) is 0 Å². The molecule has 0 saturated heterocycles. The second-order valence-corrected chi connectivity index (χ2v) is 2.90. The zero-order chi connectivity index (χ0) is 8.53. The highest BCUT2D eigenvalue weighted by atomic mass is 19.1. The second kappa shape index (κ2) is 7.77. The van der Waals surface area contributed by atoms with Crippen molar-refractivity contribution in [2.45, 2.75) is 52.4 Å². The summed E-state index contributed by atoms with van der Waals surface area (Å²) in [7, 11) is 0. The Morgan fingerprint density at radius 2 is 1.82 bits per heavy atom. The Morgan fingerprint density at radius 1 is 1.18 bits per heavy atom. The predicted octanol–water partition coefficient (Wildman–Crippen LogP) is 4.22. The third kappa shape index (κ3) is 7.57. The van der Waals surface area contributed by atoms with Gasteiger partial charge in [0, 0.05) is 0 Å². The van der Waals surface area contributed by atoms with Crippen molar-refractivity contribution in [1.29, 1.82) is 0 Å². The fourth-order valence-electron chi connectivity index (χ4n) is 0.911. The first-order valence-electron chi connectivity index (χ1n) is 4.65. The van der Waals surface area contributed by atoms with E-state index in [4.69, 9.17) is 0 Å². The van der Waals surface area contributed by atoms with Crippen molar-refractivity contribution in [1.82, 2.24) is 0 Å². The van der Waals surface area contributed by atoms with Gasteiger partial charge < -0.3 is 0 Å². The van der Waals surface area contributed by atoms with Crippen molar-refractivity contribution >= 4 is 0 Å². The van der Waals surface area contributed by atoms with Crippen molar-refractivity contribution < 1.29 is 4.39 Å². The number of rotatable bonds is 6. The van der Waals surface area contributed by atoms with E-state index in [1.165, 1.54) is 0 Å². The van der Waals surface area contributed by atoms with Crippen LogP contribution in [0.2, 0.25) is 0 Å². The summed E-state index contributed by atoms with van der Waals surface area (Å²) in [6, 6.07) is 0. The molecule has 0 aliphatic carbocycles. The van der Waals surface area contributed by atoms with Gasteiger partial charge in [-0.25, -0.2) is 4.39 Å². The fraction of sp³-hybridized carbons (Fsp3) is 0.800. The minimum absolute atomic E-state index is 0.0836. The molecule has 66 valence electrons. The highest BCUT2D eigenvalue weighted by molar-refractivity contribution is 4.90. The average molecular weight is 158 g/mol. The molecule has 0 atom stereocenters. The number of hydrogen-bond donors (Lipinski definition) is 0. The molecule has 0 aromatic rings. The molecule has 0 fully saturated rings. The van der Waals surface area contributed by atoms with Crippen LogP contribution < -0.4 is 0 Å². The second-order valence-electron chi connectivity index (χ2n) is 2.90. The van der Waals surface area contributed by atoms with Crippen molar-refractivity contribution in [3.8, 4) is 0 Å². The van der Waals surface area contributed by atoms with E-state index in [-0.39, 0.29) is 5.83 Å². The minimum atomic E-state index is 0.0836. The van der Waals surface area contributed by atoms with Gasteiger partial charge in [0.1, 0.15) is 0 Å². The van der Waals surface area contributed by atoms with Crippen molar-refractivity contribution in [3.63, 3.8) is 0 Å². The molecule has 0 nitrogen and oxygen atoms in total. The zero-order valence-electron chi connectivity index (χ0n) is 7.70. The van der Waals surface area contributed by atoms with Crippen LogP contribution in [0.3, 0.4) is 0 Å². The van der Waals surface area contributed by atoms with Gasteiger partial charge in [0.2, 0.25) is 0 Å². The lowest BCUT2D eigenvalue weighted by Crippen LogP contribution is -1.76. The lowest BCUT2D eigenvalue weighted by molar-refractivity contribution is 0.562. The van der Waals surface area contributed by atoms with Crippen molar-refractivity contribution in [2.75, 3.05) is 0 Å². The molecular weight excluding hydrogens is 139 g/mol. The van der Waals surface area contributed by atoms with Gasteiger partial charge in [-0.05, 0) is 25.7 Å². The normalized spacial score (nSPS) is 12.1. The molecule has 0 aromatic heterocycles. The molecule has 1 heteroatoms. The van der Waals surface area contributed by atoms with Gasteiger partial charge in [-0.2, -0.15) is 0 Å². The Hall–Kier alpha value is -0.330. The molecular formula is C10H19F. The topological polar surface area (TPSA) is 0 Å². The van der Waals surface area contributed by atoms with Crippen LogP contribution in [0, 0.1) is 0 Å². The SMILES string of the molecule is CCCC/C=C(\F)CCCC. The molecule has 0 amide bonds. The Bertz CT molecular complexity index is 105. The first-order valence-corrected chi connectivity index (χ1v) is 4.65. The summed E-state index contributed by atoms with van der Waals surface area (Å²) < 4.78 is 12.8. The van der Waals surface area contributed by atoms with Crippen LogP contribution >= 0.6 is 0 Å². The summed E-state index contributed by atoms with van der Waals surface area (Å²) in [5.41, 5.74) is 0. The van der Waals surface area contributed by atoms with Gasteiger partial charge in [-0.15, -0.1) is 0 Å². The third-order valence-electron chi connectivity index (χ3n) is 1.69. The lowest BCUT2D eigenvalue weighted by Gasteiger charge is -1.94. The van der Waals surface area contributed by atoms with Crippen molar-refractivity contribution in [2.24, 2.45) is 0 Å². The lowest BCUT2D eigenvalue weighted by atomic mass is 10.2. The molecule has 0 bridgehead atoms. The number of allylic oxidation sites excluding steroid dienone is 2. The molecule has 0 unspecified atom stereocenters. The summed E-state index contributed by atoms with van der Waals surface area (Å²) in [6.07, 6.45) is 7.60. The van der Waals surface area contributed by atoms with E-state index in [1.807, 2.05) is 0 Å². The molecule has 0 aliphatic rings. The summed E-state index contributed by atoms with van der Waals surface area (Å²) in [4.78, 5) is 0. The van der Waals surface area contributed by atoms with E-state index >= 15 is 0 Å². The summed E-state index contributed by atoms with van der Waals surface area (Å²) in [5, 5.41) is 0. The largest absolute Gasteiger partial charge is 0.212 e. The Balaban J connectivity index is 3.30. The van der Waals surface area contributed by atoms with E-state index < -0.39 is 0 Å². The van der Waals surface area contributed by atoms with E-state index in [0.717, 1.165) is 32.1 Å². The molecule has 0 N–H and O–H groups in total. The van der Waals surface area contributed by atoms with Crippen LogP contribution in [0.5, 0.6) is 0 Å². The van der Waals surface area contributed by atoms with Crippen LogP contribution in [0.25, 0.3) is 0 Å². The quantitative estimate of drug-likeness (QED) is 0.508.